The van der Waals surface area contributed by atoms with Crippen LogP contribution < -0.4 is 21.7 Å². The van der Waals surface area contributed by atoms with Crippen molar-refractivity contribution in [2.45, 2.75) is 303 Å². The molecule has 0 rings (SSSR count). The van der Waals surface area contributed by atoms with Gasteiger partial charge in [-0.2, -0.15) is 0 Å². The monoisotopic (exact) mass is 895 g/mol. The lowest BCUT2D eigenvalue weighted by Gasteiger charge is -2.45. The van der Waals surface area contributed by atoms with Gasteiger partial charge in [-0.05, 0) is 68.2 Å². The fraction of sp³-hybridized carbons (Fsp3) is 0.943. The van der Waals surface area contributed by atoms with Gasteiger partial charge in [0.15, 0.2) is 0 Å². The van der Waals surface area contributed by atoms with Gasteiger partial charge in [0, 0.05) is 13.0 Å². The average molecular weight is 895 g/mol. The molecule has 0 aromatic carbocycles. The smallest absolute Gasteiger partial charge is 0.407 e. The van der Waals surface area contributed by atoms with Crippen LogP contribution in [0.15, 0.2) is 0 Å². The highest BCUT2D eigenvalue weighted by atomic mass is 16.6. The van der Waals surface area contributed by atoms with Crippen molar-refractivity contribution in [1.29, 1.82) is 0 Å². The first-order chi connectivity index (χ1) is 29.9. The van der Waals surface area contributed by atoms with Crippen LogP contribution in [-0.4, -0.2) is 66.2 Å². The number of ether oxygens (including phenoxy) is 3. The van der Waals surface area contributed by atoms with Crippen molar-refractivity contribution in [2.75, 3.05) is 19.8 Å². The van der Waals surface area contributed by atoms with Gasteiger partial charge in [0.25, 0.3) is 0 Å². The maximum Gasteiger partial charge on any atom is 0.407 e. The first-order valence-corrected chi connectivity index (χ1v) is 26.5. The van der Waals surface area contributed by atoms with E-state index in [0.29, 0.717) is 19.6 Å². The minimum Gasteiger partial charge on any atom is -0.447 e. The second-order valence-electron chi connectivity index (χ2n) is 21.1. The minimum atomic E-state index is -1.30. The summed E-state index contributed by atoms with van der Waals surface area (Å²) in [5.74, 6) is -0.556. The topological polar surface area (TPSA) is 141 Å². The molecule has 0 aromatic heterocycles. The van der Waals surface area contributed by atoms with E-state index in [2.05, 4.69) is 29.8 Å². The van der Waals surface area contributed by atoms with Gasteiger partial charge in [0.05, 0.1) is 23.3 Å². The zero-order valence-corrected chi connectivity index (χ0v) is 43.4. The van der Waals surface area contributed by atoms with Gasteiger partial charge < -0.3 is 35.9 Å². The average Bonchev–Trinajstić information content (AvgIpc) is 3.20. The van der Waals surface area contributed by atoms with E-state index in [9.17, 15) is 14.4 Å². The molecule has 0 aliphatic heterocycles. The van der Waals surface area contributed by atoms with Crippen molar-refractivity contribution in [3.63, 3.8) is 0 Å². The highest BCUT2D eigenvalue weighted by Crippen LogP contribution is 2.28. The summed E-state index contributed by atoms with van der Waals surface area (Å²) in [5, 5.41) is 8.68. The zero-order chi connectivity index (χ0) is 47.3. The molecule has 2 unspecified atom stereocenters. The maximum atomic E-state index is 13.4. The number of nitrogens with one attached hydrogen (secondary N) is 3. The van der Waals surface area contributed by atoms with Crippen LogP contribution in [0.4, 0.5) is 4.79 Å². The Kier molecular flexibility index (Phi) is 36.1. The second-order valence-corrected chi connectivity index (χ2v) is 21.1. The molecule has 0 heterocycles. The Hall–Kier alpha value is -1.91. The van der Waals surface area contributed by atoms with Gasteiger partial charge in [0.1, 0.15) is 18.4 Å². The standard InChI is InChI=1S/C53H106N4O6/c1-11-13-15-17-19-21-23-25-27-29-31-33-35-37-39-41-43-55-48(59)46(56-47(58)42-40-38-36-34-32-30-28-26-24-22-20-18-16-14-12-2)44-61-49(60)57-52(8,9)53(10,54)63-51(6,7)45-62-50(3,4)5/h46H,11-45,54H2,1-10H3,(H,55,59)(H,56,58)(H,57,60). The summed E-state index contributed by atoms with van der Waals surface area (Å²) in [7, 11) is 0. The Morgan fingerprint density at radius 2 is 0.889 bits per heavy atom. The van der Waals surface area contributed by atoms with Crippen LogP contribution in [0.25, 0.3) is 0 Å². The number of hydrogen-bond donors (Lipinski definition) is 4. The predicted octanol–water partition coefficient (Wildman–Crippen LogP) is 13.9. The molecule has 0 radical (unpaired) electrons. The first-order valence-electron chi connectivity index (χ1n) is 26.5. The Balaban J connectivity index is 4.83. The molecule has 10 heteroatoms. The van der Waals surface area contributed by atoms with Gasteiger partial charge in [-0.3, -0.25) is 9.59 Å². The highest BCUT2D eigenvalue weighted by molar-refractivity contribution is 5.88. The second kappa shape index (κ2) is 37.2. The van der Waals surface area contributed by atoms with Crippen molar-refractivity contribution in [2.24, 2.45) is 5.73 Å². The van der Waals surface area contributed by atoms with Crippen LogP contribution in [0.1, 0.15) is 275 Å². The molecule has 3 amide bonds. The molecule has 0 saturated carbocycles. The van der Waals surface area contributed by atoms with Gasteiger partial charge in [-0.1, -0.05) is 200 Å². The van der Waals surface area contributed by atoms with Crippen LogP contribution in [0.3, 0.4) is 0 Å². The number of unbranched alkanes of at least 4 members (excludes halogenated alkanes) is 29. The third kappa shape index (κ3) is 36.9. The molecule has 10 nitrogen and oxygen atoms in total. The molecule has 0 fully saturated rings. The molecule has 0 saturated heterocycles. The summed E-state index contributed by atoms with van der Waals surface area (Å²) >= 11 is 0. The van der Waals surface area contributed by atoms with E-state index in [1.165, 1.54) is 161 Å². The quantitative estimate of drug-likeness (QED) is 0.0353. The number of carbonyl (C=O) groups excluding carboxylic acids is 3. The Morgan fingerprint density at radius 3 is 1.27 bits per heavy atom. The number of carbonyl (C=O) groups is 3. The molecular weight excluding hydrogens is 789 g/mol. The van der Waals surface area contributed by atoms with E-state index >= 15 is 0 Å². The lowest BCUT2D eigenvalue weighted by atomic mass is 9.91. The number of rotatable bonds is 43. The number of amides is 3. The maximum absolute atomic E-state index is 13.4. The summed E-state index contributed by atoms with van der Waals surface area (Å²) in [6, 6.07) is -1.00. The Bertz CT molecular complexity index is 1120. The Labute approximate surface area is 390 Å². The summed E-state index contributed by atoms with van der Waals surface area (Å²) in [5.41, 5.74) is 3.19. The molecule has 0 aliphatic rings. The first kappa shape index (κ1) is 61.1. The van der Waals surface area contributed by atoms with Crippen LogP contribution in [0.2, 0.25) is 0 Å². The lowest BCUT2D eigenvalue weighted by molar-refractivity contribution is -0.196. The summed E-state index contributed by atoms with van der Waals surface area (Å²) in [6.07, 6.45) is 39.0. The van der Waals surface area contributed by atoms with Crippen LogP contribution in [0.5, 0.6) is 0 Å². The third-order valence-corrected chi connectivity index (χ3v) is 12.4. The van der Waals surface area contributed by atoms with E-state index in [1.807, 2.05) is 34.6 Å². The number of nitrogens with two attached hydrogens (primary N) is 1. The molecule has 63 heavy (non-hydrogen) atoms. The minimum absolute atomic E-state index is 0.209. The van der Waals surface area contributed by atoms with E-state index in [1.54, 1.807) is 20.8 Å². The van der Waals surface area contributed by atoms with Crippen LogP contribution in [0, 0.1) is 0 Å². The van der Waals surface area contributed by atoms with E-state index in [0.717, 1.165) is 38.5 Å². The van der Waals surface area contributed by atoms with Crippen LogP contribution in [-0.2, 0) is 23.8 Å². The van der Waals surface area contributed by atoms with Crippen LogP contribution >= 0.6 is 0 Å². The molecule has 0 aliphatic carbocycles. The summed E-state index contributed by atoms with van der Waals surface area (Å²) in [4.78, 5) is 39.7. The highest BCUT2D eigenvalue weighted by Gasteiger charge is 2.44. The fourth-order valence-corrected chi connectivity index (χ4v) is 7.81. The van der Waals surface area contributed by atoms with Crippen molar-refractivity contribution < 1.29 is 28.6 Å². The van der Waals surface area contributed by atoms with E-state index in [-0.39, 0.29) is 24.0 Å². The molecule has 0 spiro atoms. The fourth-order valence-electron chi connectivity index (χ4n) is 7.81. The Morgan fingerprint density at radius 1 is 0.524 bits per heavy atom. The van der Waals surface area contributed by atoms with Gasteiger partial charge in [0.2, 0.25) is 11.8 Å². The molecule has 374 valence electrons. The van der Waals surface area contributed by atoms with Crippen molar-refractivity contribution >= 4 is 17.9 Å². The molecular formula is C53H106N4O6. The lowest BCUT2D eigenvalue weighted by Crippen LogP contribution is -2.67. The van der Waals surface area contributed by atoms with E-state index < -0.39 is 29.0 Å². The molecule has 5 N–H and O–H groups in total. The van der Waals surface area contributed by atoms with E-state index in [4.69, 9.17) is 19.9 Å². The summed E-state index contributed by atoms with van der Waals surface area (Å²) in [6.45, 7) is 20.0. The zero-order valence-electron chi connectivity index (χ0n) is 43.4. The SMILES string of the molecule is CCCCCCCCCCCCCCCCCCNC(=O)C(COC(=O)NC(C)(C)C(C)(N)OC(C)(C)COC(C)(C)C)NC(=O)CCCCCCCCCCCCCCCCC. The molecule has 2 atom stereocenters. The largest absolute Gasteiger partial charge is 0.447 e. The van der Waals surface area contributed by atoms with Gasteiger partial charge in [-0.15, -0.1) is 0 Å². The van der Waals surface area contributed by atoms with Gasteiger partial charge >= 0.3 is 6.09 Å². The third-order valence-electron chi connectivity index (χ3n) is 12.4. The van der Waals surface area contributed by atoms with Crippen molar-refractivity contribution in [3.8, 4) is 0 Å². The molecule has 0 bridgehead atoms. The predicted molar refractivity (Wildman–Crippen MR) is 266 cm³/mol. The number of hydrogen-bond acceptors (Lipinski definition) is 7. The van der Waals surface area contributed by atoms with Crippen molar-refractivity contribution in [1.82, 2.24) is 16.0 Å². The van der Waals surface area contributed by atoms with Gasteiger partial charge in [-0.25, -0.2) is 4.79 Å². The number of alkyl carbamates (subject to hydrolysis) is 1. The molecule has 0 aromatic rings. The van der Waals surface area contributed by atoms with Crippen molar-refractivity contribution in [3.05, 3.63) is 0 Å². The normalized spacial score (nSPS) is 13.7. The summed E-state index contributed by atoms with van der Waals surface area (Å²) < 4.78 is 17.8.